The highest BCUT2D eigenvalue weighted by Gasteiger charge is 2.31. The van der Waals surface area contributed by atoms with E-state index in [9.17, 15) is 9.59 Å². The van der Waals surface area contributed by atoms with E-state index in [1.807, 2.05) is 23.1 Å². The van der Waals surface area contributed by atoms with Gasteiger partial charge in [0.2, 0.25) is 5.91 Å². The van der Waals surface area contributed by atoms with E-state index in [2.05, 4.69) is 5.32 Å². The van der Waals surface area contributed by atoms with Crippen molar-refractivity contribution in [1.82, 2.24) is 4.90 Å². The molecule has 0 radical (unpaired) electrons. The molecule has 4 rings (SSSR count). The van der Waals surface area contributed by atoms with Crippen molar-refractivity contribution < 1.29 is 14.3 Å². The maximum atomic E-state index is 13.1. The number of rotatable bonds is 3. The molecule has 2 aliphatic rings. The summed E-state index contributed by atoms with van der Waals surface area (Å²) in [6.07, 6.45) is 7.15. The normalized spacial score (nSPS) is 19.0. The lowest BCUT2D eigenvalue weighted by Crippen LogP contribution is -2.45. The van der Waals surface area contributed by atoms with Crippen LogP contribution in [0.4, 0.5) is 5.69 Å². The molecular weight excluding hydrogens is 388 g/mol. The van der Waals surface area contributed by atoms with Crippen LogP contribution in [-0.2, 0) is 4.79 Å². The Morgan fingerprint density at radius 2 is 2.03 bits per heavy atom. The molecule has 2 aromatic rings. The predicted octanol–water partition coefficient (Wildman–Crippen LogP) is 4.77. The molecule has 150 valence electrons. The van der Waals surface area contributed by atoms with Crippen molar-refractivity contribution in [2.24, 2.45) is 0 Å². The van der Waals surface area contributed by atoms with E-state index in [0.29, 0.717) is 28.6 Å². The first-order valence-electron chi connectivity index (χ1n) is 9.93. The lowest BCUT2D eigenvalue weighted by Gasteiger charge is -2.37. The molecule has 2 amide bonds. The average Bonchev–Trinajstić information content (AvgIpc) is 2.73. The first kappa shape index (κ1) is 19.5. The number of benzene rings is 2. The zero-order chi connectivity index (χ0) is 20.2. The Balaban J connectivity index is 1.52. The molecule has 0 bridgehead atoms. The molecular formula is C23H23ClN2O3. The Morgan fingerprint density at radius 3 is 2.90 bits per heavy atom. The van der Waals surface area contributed by atoms with Crippen molar-refractivity contribution in [3.05, 3.63) is 64.7 Å². The minimum atomic E-state index is -0.292. The Bertz CT molecular complexity index is 957. The van der Waals surface area contributed by atoms with Crippen LogP contribution in [0, 0.1) is 0 Å². The summed E-state index contributed by atoms with van der Waals surface area (Å²) in [5.41, 5.74) is 1.83. The van der Waals surface area contributed by atoms with E-state index >= 15 is 0 Å². The van der Waals surface area contributed by atoms with Crippen LogP contribution in [0.3, 0.4) is 0 Å². The van der Waals surface area contributed by atoms with Gasteiger partial charge in [-0.25, -0.2) is 0 Å². The molecule has 5 nitrogen and oxygen atoms in total. The standard InChI is InChI=1S/C23H23ClN2O3/c24-20-7-2-1-5-16(20)8-11-22(27)25-17-9-10-21-19(15-17)23(28)26-13-4-3-6-18(26)12-14-29-21/h1-2,5,7-11,15,18H,3-4,6,12-14H2,(H,25,27)/b11-8+/t18-/m1/s1. The van der Waals surface area contributed by atoms with Gasteiger partial charge in [-0.2, -0.15) is 0 Å². The fourth-order valence-electron chi connectivity index (χ4n) is 3.89. The highest BCUT2D eigenvalue weighted by molar-refractivity contribution is 6.32. The second-order valence-electron chi connectivity index (χ2n) is 7.34. The maximum Gasteiger partial charge on any atom is 0.257 e. The van der Waals surface area contributed by atoms with Gasteiger partial charge in [0.1, 0.15) is 5.75 Å². The molecule has 0 aliphatic carbocycles. The zero-order valence-corrected chi connectivity index (χ0v) is 16.8. The van der Waals surface area contributed by atoms with Gasteiger partial charge >= 0.3 is 0 Å². The molecule has 2 aliphatic heterocycles. The summed E-state index contributed by atoms with van der Waals surface area (Å²) in [6, 6.07) is 12.8. The zero-order valence-electron chi connectivity index (χ0n) is 16.1. The second-order valence-corrected chi connectivity index (χ2v) is 7.75. The van der Waals surface area contributed by atoms with Gasteiger partial charge in [-0.1, -0.05) is 29.8 Å². The molecule has 2 heterocycles. The summed E-state index contributed by atoms with van der Waals surface area (Å²) >= 11 is 6.11. The van der Waals surface area contributed by atoms with Crippen molar-refractivity contribution in [2.45, 2.75) is 31.7 Å². The summed E-state index contributed by atoms with van der Waals surface area (Å²) in [5.74, 6) is 0.260. The molecule has 0 aromatic heterocycles. The number of carbonyl (C=O) groups is 2. The number of hydrogen-bond acceptors (Lipinski definition) is 3. The van der Waals surface area contributed by atoms with Crippen molar-refractivity contribution in [2.75, 3.05) is 18.5 Å². The summed E-state index contributed by atoms with van der Waals surface area (Å²) in [6.45, 7) is 1.37. The van der Waals surface area contributed by atoms with E-state index in [4.69, 9.17) is 16.3 Å². The number of hydrogen-bond donors (Lipinski definition) is 1. The average molecular weight is 411 g/mol. The Kier molecular flexibility index (Phi) is 5.86. The SMILES string of the molecule is O=C(/C=C/c1ccccc1Cl)Nc1ccc2c(c1)C(=O)N1CCCC[C@@H]1CCO2. The fraction of sp³-hybridized carbons (Fsp3) is 0.304. The number of fused-ring (bicyclic) bond motifs is 2. The van der Waals surface area contributed by atoms with Gasteiger partial charge in [-0.15, -0.1) is 0 Å². The molecule has 0 saturated carbocycles. The highest BCUT2D eigenvalue weighted by Crippen LogP contribution is 2.31. The Morgan fingerprint density at radius 1 is 1.17 bits per heavy atom. The van der Waals surface area contributed by atoms with Crippen LogP contribution >= 0.6 is 11.6 Å². The summed E-state index contributed by atoms with van der Waals surface area (Å²) < 4.78 is 5.84. The Labute approximate surface area is 175 Å². The third-order valence-electron chi connectivity index (χ3n) is 5.39. The summed E-state index contributed by atoms with van der Waals surface area (Å²) in [7, 11) is 0. The van der Waals surface area contributed by atoms with E-state index in [1.165, 1.54) is 6.08 Å². The van der Waals surface area contributed by atoms with Crippen molar-refractivity contribution in [1.29, 1.82) is 0 Å². The third-order valence-corrected chi connectivity index (χ3v) is 5.74. The summed E-state index contributed by atoms with van der Waals surface area (Å²) in [5, 5.41) is 3.40. The van der Waals surface area contributed by atoms with Crippen molar-refractivity contribution >= 4 is 35.2 Å². The van der Waals surface area contributed by atoms with Gasteiger partial charge in [-0.3, -0.25) is 9.59 Å². The topological polar surface area (TPSA) is 58.6 Å². The molecule has 1 saturated heterocycles. The van der Waals surface area contributed by atoms with Gasteiger partial charge in [0.25, 0.3) is 5.91 Å². The predicted molar refractivity (Wildman–Crippen MR) is 114 cm³/mol. The lowest BCUT2D eigenvalue weighted by molar-refractivity contribution is -0.111. The minimum absolute atomic E-state index is 0.0212. The largest absolute Gasteiger partial charge is 0.493 e. The van der Waals surface area contributed by atoms with Gasteiger partial charge in [0, 0.05) is 35.8 Å². The molecule has 0 spiro atoms. The van der Waals surface area contributed by atoms with Crippen LogP contribution in [0.15, 0.2) is 48.5 Å². The number of nitrogens with zero attached hydrogens (tertiary/aromatic N) is 1. The third kappa shape index (κ3) is 4.46. The molecule has 1 N–H and O–H groups in total. The smallest absolute Gasteiger partial charge is 0.257 e. The van der Waals surface area contributed by atoms with Gasteiger partial charge in [-0.05, 0) is 55.2 Å². The van der Waals surface area contributed by atoms with E-state index in [0.717, 1.165) is 37.8 Å². The quantitative estimate of drug-likeness (QED) is 0.741. The van der Waals surface area contributed by atoms with E-state index in [1.54, 1.807) is 30.3 Å². The molecule has 6 heteroatoms. The van der Waals surface area contributed by atoms with Gasteiger partial charge < -0.3 is 15.0 Å². The molecule has 2 aromatic carbocycles. The number of halogens is 1. The highest BCUT2D eigenvalue weighted by atomic mass is 35.5. The van der Waals surface area contributed by atoms with Crippen LogP contribution < -0.4 is 10.1 Å². The summed E-state index contributed by atoms with van der Waals surface area (Å²) in [4.78, 5) is 27.4. The van der Waals surface area contributed by atoms with Crippen molar-refractivity contribution in [3.63, 3.8) is 0 Å². The first-order valence-corrected chi connectivity index (χ1v) is 10.3. The van der Waals surface area contributed by atoms with Crippen LogP contribution in [0.25, 0.3) is 6.08 Å². The van der Waals surface area contributed by atoms with Gasteiger partial charge in [0.15, 0.2) is 0 Å². The van der Waals surface area contributed by atoms with Crippen LogP contribution in [0.5, 0.6) is 5.75 Å². The second kappa shape index (κ2) is 8.70. The monoisotopic (exact) mass is 410 g/mol. The number of carbonyl (C=O) groups excluding carboxylic acids is 2. The van der Waals surface area contributed by atoms with E-state index in [-0.39, 0.29) is 17.9 Å². The Hall–Kier alpha value is -2.79. The van der Waals surface area contributed by atoms with Crippen molar-refractivity contribution in [3.8, 4) is 5.75 Å². The maximum absolute atomic E-state index is 13.1. The first-order chi connectivity index (χ1) is 14.1. The van der Waals surface area contributed by atoms with Gasteiger partial charge in [0.05, 0.1) is 12.2 Å². The lowest BCUT2D eigenvalue weighted by atomic mass is 9.97. The number of nitrogens with one attached hydrogen (secondary N) is 1. The fourth-order valence-corrected chi connectivity index (χ4v) is 4.09. The molecule has 0 unspecified atom stereocenters. The molecule has 1 fully saturated rings. The number of amides is 2. The number of piperidine rings is 1. The van der Waals surface area contributed by atoms with Crippen LogP contribution in [0.2, 0.25) is 5.02 Å². The van der Waals surface area contributed by atoms with E-state index < -0.39 is 0 Å². The number of ether oxygens (including phenoxy) is 1. The van der Waals surface area contributed by atoms with Crippen LogP contribution in [0.1, 0.15) is 41.6 Å². The van der Waals surface area contributed by atoms with Crippen LogP contribution in [-0.4, -0.2) is 35.9 Å². The minimum Gasteiger partial charge on any atom is -0.493 e. The molecule has 29 heavy (non-hydrogen) atoms. The molecule has 1 atom stereocenters. The number of anilines is 1.